The third-order valence-corrected chi connectivity index (χ3v) is 4.81. The monoisotopic (exact) mass is 354 g/mol. The minimum Gasteiger partial charge on any atom is -0.474 e. The fourth-order valence-corrected chi connectivity index (χ4v) is 3.25. The van der Waals surface area contributed by atoms with Crippen molar-refractivity contribution in [1.82, 2.24) is 29.9 Å². The van der Waals surface area contributed by atoms with Gasteiger partial charge in [0.05, 0.1) is 22.8 Å². The van der Waals surface area contributed by atoms with Crippen LogP contribution in [0.1, 0.15) is 20.3 Å². The van der Waals surface area contributed by atoms with Crippen LogP contribution < -0.4 is 10.1 Å². The number of aromatic nitrogens is 5. The Morgan fingerprint density at radius 1 is 1.42 bits per heavy atom. The SMILES string of the molecule is CCn1cc(-c2cc3nn(C)cc3c(OC(C)[C@H]3CNC(=O)C3)n2)cn1. The van der Waals surface area contributed by atoms with Gasteiger partial charge in [-0.05, 0) is 19.9 Å². The van der Waals surface area contributed by atoms with Crippen molar-refractivity contribution in [3.63, 3.8) is 0 Å². The second kappa shape index (κ2) is 6.44. The molecule has 3 aromatic heterocycles. The molecule has 1 unspecified atom stereocenters. The number of fused-ring (bicyclic) bond motifs is 1. The molecule has 1 amide bonds. The number of aryl methyl sites for hydroxylation is 2. The van der Waals surface area contributed by atoms with Crippen LogP contribution in [0.3, 0.4) is 0 Å². The van der Waals surface area contributed by atoms with Crippen molar-refractivity contribution >= 4 is 16.8 Å². The number of hydrogen-bond acceptors (Lipinski definition) is 5. The molecule has 1 N–H and O–H groups in total. The molecule has 3 aromatic rings. The van der Waals surface area contributed by atoms with Crippen LogP contribution in [0.4, 0.5) is 0 Å². The van der Waals surface area contributed by atoms with Gasteiger partial charge in [0.15, 0.2) is 0 Å². The molecule has 0 aliphatic carbocycles. The van der Waals surface area contributed by atoms with Gasteiger partial charge in [-0.2, -0.15) is 10.2 Å². The lowest BCUT2D eigenvalue weighted by molar-refractivity contribution is -0.119. The normalized spacial score (nSPS) is 18.3. The Hall–Kier alpha value is -2.90. The van der Waals surface area contributed by atoms with E-state index in [0.29, 0.717) is 18.8 Å². The predicted molar refractivity (Wildman–Crippen MR) is 96.6 cm³/mol. The van der Waals surface area contributed by atoms with E-state index in [1.807, 2.05) is 44.0 Å². The molecule has 1 fully saturated rings. The number of amides is 1. The molecule has 0 saturated carbocycles. The standard InChI is InChI=1S/C18H22N6O2/c1-4-24-9-13(8-20-24)15-6-16-14(10-23(3)22-16)18(21-15)26-11(2)12-5-17(25)19-7-12/h6,8-12H,4-5,7H2,1-3H3,(H,19,25)/t11?,12-/m1/s1. The zero-order chi connectivity index (χ0) is 18.3. The molecule has 8 heteroatoms. The Balaban J connectivity index is 1.71. The molecule has 1 aliphatic heterocycles. The summed E-state index contributed by atoms with van der Waals surface area (Å²) in [4.78, 5) is 16.2. The van der Waals surface area contributed by atoms with Crippen LogP contribution in [0, 0.1) is 5.92 Å². The first-order valence-corrected chi connectivity index (χ1v) is 8.84. The summed E-state index contributed by atoms with van der Waals surface area (Å²) in [6.45, 7) is 5.46. The lowest BCUT2D eigenvalue weighted by Gasteiger charge is -2.19. The Morgan fingerprint density at radius 2 is 2.27 bits per heavy atom. The van der Waals surface area contributed by atoms with Crippen molar-refractivity contribution in [1.29, 1.82) is 0 Å². The Kier molecular flexibility index (Phi) is 4.10. The molecule has 0 radical (unpaired) electrons. The van der Waals surface area contributed by atoms with Crippen LogP contribution in [0.15, 0.2) is 24.7 Å². The molecule has 8 nitrogen and oxygen atoms in total. The van der Waals surface area contributed by atoms with Gasteiger partial charge >= 0.3 is 0 Å². The zero-order valence-electron chi connectivity index (χ0n) is 15.1. The van der Waals surface area contributed by atoms with Crippen LogP contribution in [0.2, 0.25) is 0 Å². The summed E-state index contributed by atoms with van der Waals surface area (Å²) in [5.74, 6) is 0.759. The van der Waals surface area contributed by atoms with E-state index < -0.39 is 0 Å². The Labute approximate surface area is 151 Å². The summed E-state index contributed by atoms with van der Waals surface area (Å²) in [5.41, 5.74) is 2.53. The van der Waals surface area contributed by atoms with Gasteiger partial charge in [-0.25, -0.2) is 4.98 Å². The molecular weight excluding hydrogens is 332 g/mol. The van der Waals surface area contributed by atoms with Gasteiger partial charge in [0.1, 0.15) is 6.10 Å². The molecule has 4 rings (SSSR count). The highest BCUT2D eigenvalue weighted by molar-refractivity contribution is 5.86. The molecule has 1 aliphatic rings. The first-order chi connectivity index (χ1) is 12.5. The number of nitrogens with one attached hydrogen (secondary N) is 1. The molecule has 0 bridgehead atoms. The molecular formula is C18H22N6O2. The number of carbonyl (C=O) groups is 1. The summed E-state index contributed by atoms with van der Waals surface area (Å²) in [7, 11) is 1.88. The summed E-state index contributed by atoms with van der Waals surface area (Å²) >= 11 is 0. The number of nitrogens with zero attached hydrogens (tertiary/aromatic N) is 5. The average molecular weight is 354 g/mol. The van der Waals surface area contributed by atoms with Gasteiger partial charge in [-0.1, -0.05) is 0 Å². The number of pyridine rings is 1. The fourth-order valence-electron chi connectivity index (χ4n) is 3.25. The first kappa shape index (κ1) is 16.6. The van der Waals surface area contributed by atoms with Crippen LogP contribution in [-0.4, -0.2) is 43.1 Å². The van der Waals surface area contributed by atoms with Crippen molar-refractivity contribution in [3.8, 4) is 17.1 Å². The third kappa shape index (κ3) is 3.02. The maximum absolute atomic E-state index is 11.5. The van der Waals surface area contributed by atoms with E-state index in [9.17, 15) is 4.79 Å². The van der Waals surface area contributed by atoms with Crippen molar-refractivity contribution in [2.45, 2.75) is 32.9 Å². The van der Waals surface area contributed by atoms with Gasteiger partial charge in [0, 0.05) is 50.4 Å². The molecule has 136 valence electrons. The van der Waals surface area contributed by atoms with E-state index in [2.05, 4.69) is 15.5 Å². The Morgan fingerprint density at radius 3 is 2.96 bits per heavy atom. The summed E-state index contributed by atoms with van der Waals surface area (Å²) in [6.07, 6.45) is 6.03. The number of rotatable bonds is 5. The topological polar surface area (TPSA) is 86.9 Å². The fraction of sp³-hybridized carbons (Fsp3) is 0.444. The average Bonchev–Trinajstić information content (AvgIpc) is 3.33. The van der Waals surface area contributed by atoms with Crippen molar-refractivity contribution in [3.05, 3.63) is 24.7 Å². The van der Waals surface area contributed by atoms with E-state index in [4.69, 9.17) is 9.72 Å². The lowest BCUT2D eigenvalue weighted by Crippen LogP contribution is -2.26. The van der Waals surface area contributed by atoms with Crippen molar-refractivity contribution < 1.29 is 9.53 Å². The molecule has 4 heterocycles. The van der Waals surface area contributed by atoms with E-state index in [-0.39, 0.29) is 17.9 Å². The first-order valence-electron chi connectivity index (χ1n) is 8.84. The lowest BCUT2D eigenvalue weighted by atomic mass is 10.0. The number of hydrogen-bond donors (Lipinski definition) is 1. The van der Waals surface area contributed by atoms with Crippen LogP contribution in [0.5, 0.6) is 5.88 Å². The molecule has 0 spiro atoms. The molecule has 1 saturated heterocycles. The maximum Gasteiger partial charge on any atom is 0.225 e. The molecule has 26 heavy (non-hydrogen) atoms. The highest BCUT2D eigenvalue weighted by Crippen LogP contribution is 2.30. The number of carbonyl (C=O) groups excluding carboxylic acids is 1. The van der Waals surface area contributed by atoms with Gasteiger partial charge in [-0.15, -0.1) is 0 Å². The summed E-state index contributed by atoms with van der Waals surface area (Å²) in [5, 5.41) is 12.6. The molecule has 0 aromatic carbocycles. The molecule has 2 atom stereocenters. The van der Waals surface area contributed by atoms with Crippen LogP contribution >= 0.6 is 0 Å². The summed E-state index contributed by atoms with van der Waals surface area (Å²) < 4.78 is 9.80. The minimum atomic E-state index is -0.126. The smallest absolute Gasteiger partial charge is 0.225 e. The van der Waals surface area contributed by atoms with Gasteiger partial charge in [-0.3, -0.25) is 14.2 Å². The van der Waals surface area contributed by atoms with Crippen molar-refractivity contribution in [2.75, 3.05) is 6.54 Å². The Bertz CT molecular complexity index is 960. The van der Waals surface area contributed by atoms with Gasteiger partial charge in [0.25, 0.3) is 0 Å². The second-order valence-corrected chi connectivity index (χ2v) is 6.72. The van der Waals surface area contributed by atoms with Crippen LogP contribution in [0.25, 0.3) is 22.2 Å². The van der Waals surface area contributed by atoms with Gasteiger partial charge in [0.2, 0.25) is 11.8 Å². The number of ether oxygens (including phenoxy) is 1. The highest BCUT2D eigenvalue weighted by Gasteiger charge is 2.29. The third-order valence-electron chi connectivity index (χ3n) is 4.81. The second-order valence-electron chi connectivity index (χ2n) is 6.72. The quantitative estimate of drug-likeness (QED) is 0.754. The minimum absolute atomic E-state index is 0.0747. The van der Waals surface area contributed by atoms with Gasteiger partial charge < -0.3 is 10.1 Å². The largest absolute Gasteiger partial charge is 0.474 e. The zero-order valence-corrected chi connectivity index (χ0v) is 15.1. The summed E-state index contributed by atoms with van der Waals surface area (Å²) in [6, 6.07) is 1.95. The maximum atomic E-state index is 11.5. The van der Waals surface area contributed by atoms with Crippen LogP contribution in [-0.2, 0) is 18.4 Å². The van der Waals surface area contributed by atoms with E-state index in [0.717, 1.165) is 28.7 Å². The van der Waals surface area contributed by atoms with E-state index in [1.54, 1.807) is 10.9 Å². The highest BCUT2D eigenvalue weighted by atomic mass is 16.5. The van der Waals surface area contributed by atoms with E-state index >= 15 is 0 Å². The van der Waals surface area contributed by atoms with Crippen molar-refractivity contribution in [2.24, 2.45) is 13.0 Å². The predicted octanol–water partition coefficient (Wildman–Crippen LogP) is 1.76. The van der Waals surface area contributed by atoms with E-state index in [1.165, 1.54) is 0 Å².